The summed E-state index contributed by atoms with van der Waals surface area (Å²) in [7, 11) is 5.35. The molecule has 4 N–H and O–H groups in total. The molecule has 38 heavy (non-hydrogen) atoms. The number of amides is 3. The summed E-state index contributed by atoms with van der Waals surface area (Å²) in [6.07, 6.45) is 5.77. The van der Waals surface area contributed by atoms with Gasteiger partial charge in [0, 0.05) is 46.0 Å². The molecule has 11 heteroatoms. The maximum Gasteiger partial charge on any atom is 0.271 e. The minimum absolute atomic E-state index is 0.00892. The molecule has 1 aromatic carbocycles. The van der Waals surface area contributed by atoms with Crippen molar-refractivity contribution in [1.29, 1.82) is 0 Å². The summed E-state index contributed by atoms with van der Waals surface area (Å²) >= 11 is 0. The number of hydrogen-bond donors (Lipinski definition) is 3. The van der Waals surface area contributed by atoms with E-state index in [2.05, 4.69) is 25.5 Å². The zero-order valence-electron chi connectivity index (χ0n) is 22.7. The predicted octanol–water partition coefficient (Wildman–Crippen LogP) is 1.33. The number of carbonyl (C=O) groups is 3. The normalized spacial score (nSPS) is 13.2. The van der Waals surface area contributed by atoms with E-state index in [1.165, 1.54) is 17.4 Å². The van der Waals surface area contributed by atoms with Crippen molar-refractivity contribution in [1.82, 2.24) is 25.1 Å². The monoisotopic (exact) mass is 522 g/mol. The Bertz CT molecular complexity index is 1180. The molecule has 0 bridgehead atoms. The van der Waals surface area contributed by atoms with Gasteiger partial charge >= 0.3 is 0 Å². The largest absolute Gasteiger partial charge is 0.364 e. The van der Waals surface area contributed by atoms with Crippen LogP contribution >= 0.6 is 0 Å². The van der Waals surface area contributed by atoms with Gasteiger partial charge in [0.15, 0.2) is 17.3 Å². The highest BCUT2D eigenvalue weighted by molar-refractivity contribution is 5.96. The average molecular weight is 523 g/mol. The second-order valence-corrected chi connectivity index (χ2v) is 9.48. The van der Waals surface area contributed by atoms with E-state index < -0.39 is 5.91 Å². The van der Waals surface area contributed by atoms with E-state index in [9.17, 15) is 14.4 Å². The van der Waals surface area contributed by atoms with Gasteiger partial charge in [-0.1, -0.05) is 25.1 Å². The van der Waals surface area contributed by atoms with Crippen LogP contribution in [0.25, 0.3) is 0 Å². The van der Waals surface area contributed by atoms with Crippen molar-refractivity contribution in [2.24, 2.45) is 5.73 Å². The quantitative estimate of drug-likeness (QED) is 0.335. The molecule has 1 aliphatic rings. The molecule has 1 saturated heterocycles. The number of aromatic nitrogens is 2. The van der Waals surface area contributed by atoms with E-state index in [0.717, 1.165) is 30.9 Å². The van der Waals surface area contributed by atoms with Crippen LogP contribution in [0.2, 0.25) is 0 Å². The first kappa shape index (κ1) is 28.6. The molecule has 1 aromatic heterocycles. The number of aryl methyl sites for hydroxylation is 1. The maximum atomic E-state index is 12.3. The second-order valence-electron chi connectivity index (χ2n) is 9.48. The SMILES string of the molecule is CCc1nc(C(N)=O)c(Nc2cccc(CCNC(=O)CN(C)C(=O)/C=C/CN3CCC3)c2)nc1N(C)C. The maximum absolute atomic E-state index is 12.3. The van der Waals surface area contributed by atoms with Gasteiger partial charge in [-0.05, 0) is 50.0 Å². The Kier molecular flexibility index (Phi) is 10.2. The minimum atomic E-state index is -0.658. The van der Waals surface area contributed by atoms with Gasteiger partial charge in [-0.15, -0.1) is 0 Å². The average Bonchev–Trinajstić information content (AvgIpc) is 2.85. The summed E-state index contributed by atoms with van der Waals surface area (Å²) < 4.78 is 0. The van der Waals surface area contributed by atoms with Crippen molar-refractivity contribution in [2.75, 3.05) is 64.1 Å². The lowest BCUT2D eigenvalue weighted by Gasteiger charge is -2.29. The van der Waals surface area contributed by atoms with Gasteiger partial charge in [0.2, 0.25) is 11.8 Å². The van der Waals surface area contributed by atoms with E-state index in [1.807, 2.05) is 56.3 Å². The zero-order chi connectivity index (χ0) is 27.7. The van der Waals surface area contributed by atoms with E-state index in [4.69, 9.17) is 5.73 Å². The smallest absolute Gasteiger partial charge is 0.271 e. The van der Waals surface area contributed by atoms with Crippen LogP contribution in [0, 0.1) is 0 Å². The lowest BCUT2D eigenvalue weighted by atomic mass is 10.1. The third-order valence-corrected chi connectivity index (χ3v) is 6.19. The number of nitrogens with zero attached hydrogens (tertiary/aromatic N) is 5. The van der Waals surface area contributed by atoms with Crippen LogP contribution in [-0.2, 0) is 22.4 Å². The molecule has 0 unspecified atom stereocenters. The molecular formula is C27H38N8O3. The van der Waals surface area contributed by atoms with Crippen molar-refractivity contribution in [3.63, 3.8) is 0 Å². The van der Waals surface area contributed by atoms with Crippen LogP contribution in [0.4, 0.5) is 17.3 Å². The van der Waals surface area contributed by atoms with Gasteiger partial charge in [0.1, 0.15) is 0 Å². The Hall–Kier alpha value is -3.99. The third kappa shape index (κ3) is 8.01. The molecule has 0 spiro atoms. The van der Waals surface area contributed by atoms with Crippen molar-refractivity contribution in [2.45, 2.75) is 26.2 Å². The van der Waals surface area contributed by atoms with Gasteiger partial charge in [-0.25, -0.2) is 9.97 Å². The molecule has 204 valence electrons. The molecule has 0 radical (unpaired) electrons. The van der Waals surface area contributed by atoms with Gasteiger partial charge < -0.3 is 26.2 Å². The summed E-state index contributed by atoms with van der Waals surface area (Å²) in [6, 6.07) is 7.60. The number of primary amides is 1. The number of nitrogens with one attached hydrogen (secondary N) is 2. The number of carbonyl (C=O) groups excluding carboxylic acids is 3. The molecule has 2 heterocycles. The molecule has 0 atom stereocenters. The highest BCUT2D eigenvalue weighted by atomic mass is 16.2. The molecular weight excluding hydrogens is 484 g/mol. The van der Waals surface area contributed by atoms with Crippen molar-refractivity contribution >= 4 is 35.0 Å². The van der Waals surface area contributed by atoms with Gasteiger partial charge in [0.25, 0.3) is 5.91 Å². The van der Waals surface area contributed by atoms with Crippen molar-refractivity contribution < 1.29 is 14.4 Å². The number of rotatable bonds is 13. The first-order valence-electron chi connectivity index (χ1n) is 12.8. The Morgan fingerprint density at radius 3 is 2.55 bits per heavy atom. The molecule has 1 aliphatic heterocycles. The predicted molar refractivity (Wildman–Crippen MR) is 149 cm³/mol. The Labute approximate surface area is 224 Å². The van der Waals surface area contributed by atoms with Gasteiger partial charge in [-0.3, -0.25) is 19.3 Å². The van der Waals surface area contributed by atoms with Gasteiger partial charge in [-0.2, -0.15) is 0 Å². The van der Waals surface area contributed by atoms with E-state index in [0.29, 0.717) is 30.9 Å². The molecule has 2 aromatic rings. The summed E-state index contributed by atoms with van der Waals surface area (Å²) in [4.78, 5) is 51.1. The number of hydrogen-bond acceptors (Lipinski definition) is 8. The van der Waals surface area contributed by atoms with Gasteiger partial charge in [0.05, 0.1) is 12.2 Å². The van der Waals surface area contributed by atoms with Crippen molar-refractivity contribution in [3.8, 4) is 0 Å². The first-order chi connectivity index (χ1) is 18.2. The van der Waals surface area contributed by atoms with Crippen LogP contribution in [0.5, 0.6) is 0 Å². The molecule has 1 fully saturated rings. The highest BCUT2D eigenvalue weighted by Gasteiger charge is 2.18. The number of benzene rings is 1. The van der Waals surface area contributed by atoms with E-state index in [-0.39, 0.29) is 29.9 Å². The number of likely N-dealkylation sites (tertiary alicyclic amines) is 1. The van der Waals surface area contributed by atoms with E-state index in [1.54, 1.807) is 7.05 Å². The minimum Gasteiger partial charge on any atom is -0.364 e. The van der Waals surface area contributed by atoms with Crippen LogP contribution in [-0.4, -0.2) is 91.4 Å². The summed E-state index contributed by atoms with van der Waals surface area (Å²) in [5.74, 6) is -0.125. The third-order valence-electron chi connectivity index (χ3n) is 6.19. The van der Waals surface area contributed by atoms with Crippen LogP contribution in [0.3, 0.4) is 0 Å². The number of nitrogens with two attached hydrogens (primary N) is 1. The first-order valence-corrected chi connectivity index (χ1v) is 12.8. The van der Waals surface area contributed by atoms with Crippen LogP contribution in [0.15, 0.2) is 36.4 Å². The lowest BCUT2D eigenvalue weighted by molar-refractivity contribution is -0.131. The fraction of sp³-hybridized carbons (Fsp3) is 0.444. The van der Waals surface area contributed by atoms with Crippen molar-refractivity contribution in [3.05, 3.63) is 53.4 Å². The molecule has 3 amide bonds. The molecule has 0 saturated carbocycles. The zero-order valence-corrected chi connectivity index (χ0v) is 22.7. The fourth-order valence-electron chi connectivity index (χ4n) is 3.95. The highest BCUT2D eigenvalue weighted by Crippen LogP contribution is 2.24. The Balaban J connectivity index is 1.54. The second kappa shape index (κ2) is 13.5. The lowest BCUT2D eigenvalue weighted by Crippen LogP contribution is -2.39. The standard InChI is InChI=1S/C27H38N8O3/c1-5-21-27(33(2)3)32-26(24(31-21)25(28)38)30-20-10-6-9-19(17-20)12-13-29-22(36)18-34(4)23(37)11-7-14-35-15-8-16-35/h6-7,9-11,17H,5,8,12-16,18H2,1-4H3,(H2,28,38)(H,29,36)(H,30,32)/b11-7+. The van der Waals surface area contributed by atoms with Crippen LogP contribution in [0.1, 0.15) is 35.1 Å². The van der Waals surface area contributed by atoms with Crippen LogP contribution < -0.4 is 21.3 Å². The Morgan fingerprint density at radius 2 is 1.92 bits per heavy atom. The number of anilines is 3. The summed E-state index contributed by atoms with van der Waals surface area (Å²) in [5.41, 5.74) is 8.03. The topological polar surface area (TPSA) is 137 Å². The fourth-order valence-corrected chi connectivity index (χ4v) is 3.95. The summed E-state index contributed by atoms with van der Waals surface area (Å²) in [6.45, 7) is 5.25. The Morgan fingerprint density at radius 1 is 1.16 bits per heavy atom. The molecule has 11 nitrogen and oxygen atoms in total. The number of likely N-dealkylation sites (N-methyl/N-ethyl adjacent to an activating group) is 1. The summed E-state index contributed by atoms with van der Waals surface area (Å²) in [5, 5.41) is 6.03. The molecule has 3 rings (SSSR count). The molecule has 0 aliphatic carbocycles. The van der Waals surface area contributed by atoms with E-state index >= 15 is 0 Å².